The molecule has 0 amide bonds. The third kappa shape index (κ3) is 6.46. The third-order valence-electron chi connectivity index (χ3n) is 5.95. The van der Waals surface area contributed by atoms with Crippen LogP contribution < -0.4 is 21.6 Å². The Morgan fingerprint density at radius 1 is 0.892 bits per heavy atom. The molecule has 7 nitrogen and oxygen atoms in total. The average Bonchev–Trinajstić information content (AvgIpc) is 2.88. The maximum Gasteiger partial charge on any atom is 0.338 e. The lowest BCUT2D eigenvalue weighted by molar-refractivity contribution is 0.0497. The number of fused-ring (bicyclic) bond motifs is 1. The monoisotopic (exact) mass is 504 g/mol. The number of halogens is 1. The van der Waals surface area contributed by atoms with Crippen molar-refractivity contribution in [3.8, 4) is 17.1 Å². The van der Waals surface area contributed by atoms with E-state index in [0.29, 0.717) is 52.8 Å². The van der Waals surface area contributed by atoms with E-state index in [1.54, 1.807) is 25.1 Å². The summed E-state index contributed by atoms with van der Waals surface area (Å²) in [6.45, 7) is 2.55. The summed E-state index contributed by atoms with van der Waals surface area (Å²) >= 11 is 0. The Hall–Kier alpha value is -4.33. The highest BCUT2D eigenvalue weighted by Crippen LogP contribution is 2.27. The topological polar surface area (TPSA) is 118 Å². The van der Waals surface area contributed by atoms with E-state index in [1.807, 2.05) is 24.3 Å². The molecule has 0 aliphatic carbocycles. The Bertz CT molecular complexity index is 1440. The fraction of sp³-hybridized carbons (Fsp3) is 0.241. The third-order valence-corrected chi connectivity index (χ3v) is 5.95. The van der Waals surface area contributed by atoms with Crippen molar-refractivity contribution in [1.82, 2.24) is 0 Å². The van der Waals surface area contributed by atoms with E-state index >= 15 is 0 Å². The highest BCUT2D eigenvalue weighted by Gasteiger charge is 2.13. The number of ether oxygens (including phenoxy) is 2. The number of carbonyl (C=O) groups excluding carboxylic acids is 1. The van der Waals surface area contributed by atoms with Gasteiger partial charge in [0.05, 0.1) is 24.2 Å². The van der Waals surface area contributed by atoms with Crippen molar-refractivity contribution in [2.45, 2.75) is 32.6 Å². The predicted molar refractivity (Wildman–Crippen MR) is 142 cm³/mol. The normalized spacial score (nSPS) is 11.0. The van der Waals surface area contributed by atoms with Gasteiger partial charge < -0.3 is 25.4 Å². The summed E-state index contributed by atoms with van der Waals surface area (Å²) in [5.74, 6) is 0.257. The minimum absolute atomic E-state index is 0.228. The van der Waals surface area contributed by atoms with Gasteiger partial charge in [-0.25, -0.2) is 9.18 Å². The molecule has 4 aromatic rings. The van der Waals surface area contributed by atoms with Gasteiger partial charge in [-0.05, 0) is 93.3 Å². The van der Waals surface area contributed by atoms with E-state index in [2.05, 4.69) is 0 Å². The smallest absolute Gasteiger partial charge is 0.338 e. The van der Waals surface area contributed by atoms with Crippen LogP contribution in [0.1, 0.15) is 41.6 Å². The molecule has 0 saturated heterocycles. The molecule has 0 aliphatic heterocycles. The van der Waals surface area contributed by atoms with Gasteiger partial charge in [-0.15, -0.1) is 0 Å². The molecule has 8 heteroatoms. The molecule has 0 spiro atoms. The molecule has 0 bridgehead atoms. The van der Waals surface area contributed by atoms with Gasteiger partial charge in [0.1, 0.15) is 22.9 Å². The Balaban J connectivity index is 1.20. The summed E-state index contributed by atoms with van der Waals surface area (Å²) in [7, 11) is 0. The Labute approximate surface area is 213 Å². The van der Waals surface area contributed by atoms with E-state index in [4.69, 9.17) is 25.4 Å². The van der Waals surface area contributed by atoms with Crippen molar-refractivity contribution < 1.29 is 23.1 Å². The lowest BCUT2D eigenvalue weighted by atomic mass is 10.1. The summed E-state index contributed by atoms with van der Waals surface area (Å²) in [5, 5.41) is 0.228. The number of hydrogen-bond acceptors (Lipinski definition) is 7. The zero-order valence-electron chi connectivity index (χ0n) is 20.6. The average molecular weight is 505 g/mol. The molecule has 4 rings (SSSR count). The number of nitrogen functional groups attached to an aromatic ring is 2. The molecule has 0 fully saturated rings. The fourth-order valence-corrected chi connectivity index (χ4v) is 4.03. The molecule has 1 aromatic heterocycles. The number of anilines is 2. The molecule has 37 heavy (non-hydrogen) atoms. The Morgan fingerprint density at radius 3 is 2.27 bits per heavy atom. The molecule has 0 unspecified atom stereocenters. The van der Waals surface area contributed by atoms with Crippen LogP contribution in [0.25, 0.3) is 22.3 Å². The second-order valence-electron chi connectivity index (χ2n) is 8.84. The van der Waals surface area contributed by atoms with Crippen molar-refractivity contribution in [3.63, 3.8) is 0 Å². The van der Waals surface area contributed by atoms with Gasteiger partial charge in [0.2, 0.25) is 0 Å². The van der Waals surface area contributed by atoms with Crippen molar-refractivity contribution in [1.29, 1.82) is 0 Å². The van der Waals surface area contributed by atoms with E-state index in [1.165, 1.54) is 18.2 Å². The minimum Gasteiger partial charge on any atom is -0.494 e. The highest BCUT2D eigenvalue weighted by atomic mass is 19.1. The summed E-state index contributed by atoms with van der Waals surface area (Å²) in [5.41, 5.74) is 13.9. The lowest BCUT2D eigenvalue weighted by Gasteiger charge is -2.10. The van der Waals surface area contributed by atoms with Gasteiger partial charge in [-0.1, -0.05) is 0 Å². The molecule has 0 atom stereocenters. The highest BCUT2D eigenvalue weighted by molar-refractivity contribution is 5.91. The molecule has 192 valence electrons. The van der Waals surface area contributed by atoms with Crippen LogP contribution in [0, 0.1) is 12.7 Å². The van der Waals surface area contributed by atoms with Crippen molar-refractivity contribution in [3.05, 3.63) is 87.8 Å². The van der Waals surface area contributed by atoms with Crippen LogP contribution in [0.5, 0.6) is 5.75 Å². The van der Waals surface area contributed by atoms with Crippen molar-refractivity contribution >= 4 is 28.3 Å². The van der Waals surface area contributed by atoms with Crippen molar-refractivity contribution in [2.24, 2.45) is 0 Å². The van der Waals surface area contributed by atoms with Crippen LogP contribution in [0.4, 0.5) is 15.8 Å². The van der Waals surface area contributed by atoms with E-state index in [-0.39, 0.29) is 10.8 Å². The van der Waals surface area contributed by atoms with Crippen LogP contribution in [0.3, 0.4) is 0 Å². The first-order chi connectivity index (χ1) is 17.8. The first-order valence-corrected chi connectivity index (χ1v) is 12.1. The van der Waals surface area contributed by atoms with Gasteiger partial charge >= 0.3 is 5.97 Å². The second kappa shape index (κ2) is 11.6. The van der Waals surface area contributed by atoms with Gasteiger partial charge in [0, 0.05) is 22.5 Å². The number of benzene rings is 3. The molecular weight excluding hydrogens is 475 g/mol. The van der Waals surface area contributed by atoms with Crippen molar-refractivity contribution in [2.75, 3.05) is 24.7 Å². The Morgan fingerprint density at radius 2 is 1.57 bits per heavy atom. The van der Waals surface area contributed by atoms with E-state index in [0.717, 1.165) is 31.2 Å². The van der Waals surface area contributed by atoms with E-state index in [9.17, 15) is 14.0 Å². The van der Waals surface area contributed by atoms with Gasteiger partial charge in [-0.2, -0.15) is 0 Å². The molecule has 4 N–H and O–H groups in total. The number of rotatable bonds is 10. The zero-order valence-corrected chi connectivity index (χ0v) is 20.6. The zero-order chi connectivity index (χ0) is 26.4. The number of unbranched alkanes of at least 4 members (excludes halogenated alkanes) is 3. The molecule has 0 aliphatic rings. The number of nitrogens with two attached hydrogens (primary N) is 2. The number of carbonyl (C=O) groups is 1. The van der Waals surface area contributed by atoms with Crippen LogP contribution in [-0.2, 0) is 4.74 Å². The molecule has 0 saturated carbocycles. The first-order valence-electron chi connectivity index (χ1n) is 12.1. The van der Waals surface area contributed by atoms with Crippen LogP contribution in [0.15, 0.2) is 69.9 Å². The summed E-state index contributed by atoms with van der Waals surface area (Å²) in [4.78, 5) is 24.7. The van der Waals surface area contributed by atoms with Gasteiger partial charge in [0.25, 0.3) is 0 Å². The predicted octanol–water partition coefficient (Wildman–Crippen LogP) is 5.87. The maximum atomic E-state index is 13.5. The molecule has 1 heterocycles. The minimum atomic E-state index is -0.475. The first kappa shape index (κ1) is 25.8. The fourth-order valence-electron chi connectivity index (χ4n) is 4.03. The lowest BCUT2D eigenvalue weighted by Crippen LogP contribution is -2.08. The van der Waals surface area contributed by atoms with Crippen LogP contribution >= 0.6 is 0 Å². The summed E-state index contributed by atoms with van der Waals surface area (Å²) < 4.78 is 30.5. The SMILES string of the molecule is Cc1c(-c2ccc(OCCCCCCOC(=O)c3cc(N)cc(N)c3)cc2)oc2ccc(F)cc2c1=O. The van der Waals surface area contributed by atoms with Crippen LogP contribution in [0.2, 0.25) is 0 Å². The maximum absolute atomic E-state index is 13.5. The van der Waals surface area contributed by atoms with E-state index < -0.39 is 11.8 Å². The molecular formula is C29H29FN2O5. The quantitative estimate of drug-likeness (QED) is 0.158. The van der Waals surface area contributed by atoms with Crippen LogP contribution in [-0.4, -0.2) is 19.2 Å². The Kier molecular flexibility index (Phi) is 8.08. The summed E-state index contributed by atoms with van der Waals surface area (Å²) in [6.07, 6.45) is 3.44. The number of esters is 1. The molecule has 3 aromatic carbocycles. The largest absolute Gasteiger partial charge is 0.494 e. The van der Waals surface area contributed by atoms with Gasteiger partial charge in [0.15, 0.2) is 5.43 Å². The second-order valence-corrected chi connectivity index (χ2v) is 8.84. The standard InChI is InChI=1S/C29H29FN2O5/c1-18-27(33)25-16-21(30)8-11-26(25)37-28(18)19-6-9-24(10-7-19)35-12-4-2-3-5-13-36-29(34)20-14-22(31)17-23(32)15-20/h6-11,14-17H,2-5,12-13,31-32H2,1H3. The van der Waals surface area contributed by atoms with Gasteiger partial charge in [-0.3, -0.25) is 4.79 Å². The number of hydrogen-bond donors (Lipinski definition) is 2. The summed E-state index contributed by atoms with van der Waals surface area (Å²) in [6, 6.07) is 15.9. The molecule has 0 radical (unpaired) electrons.